The maximum atomic E-state index is 6.10. The minimum atomic E-state index is 0.605. The lowest BCUT2D eigenvalue weighted by Gasteiger charge is -2.26. The molecule has 5 nitrogen and oxygen atoms in total. The largest absolute Gasteiger partial charge is 0.436 e. The first-order valence-corrected chi connectivity index (χ1v) is 18.7. The summed E-state index contributed by atoms with van der Waals surface area (Å²) in [6.45, 7) is 0. The van der Waals surface area contributed by atoms with Crippen molar-refractivity contribution in [2.75, 3.05) is 4.90 Å². The molecule has 0 saturated carbocycles. The van der Waals surface area contributed by atoms with E-state index in [0.717, 1.165) is 72.4 Å². The minimum Gasteiger partial charge on any atom is -0.436 e. The third kappa shape index (κ3) is 5.62. The van der Waals surface area contributed by atoms with Crippen LogP contribution in [0.25, 0.3) is 88.2 Å². The zero-order valence-corrected chi connectivity index (χ0v) is 30.2. The van der Waals surface area contributed by atoms with Crippen LogP contribution < -0.4 is 4.90 Å². The van der Waals surface area contributed by atoms with Crippen LogP contribution in [-0.2, 0) is 0 Å². The van der Waals surface area contributed by atoms with Gasteiger partial charge in [0, 0.05) is 56.9 Å². The molecule has 0 aliphatic carbocycles. The van der Waals surface area contributed by atoms with Crippen molar-refractivity contribution in [3.63, 3.8) is 0 Å². The highest BCUT2D eigenvalue weighted by Crippen LogP contribution is 2.40. The van der Waals surface area contributed by atoms with Gasteiger partial charge in [-0.05, 0) is 111 Å². The first-order valence-electron chi connectivity index (χ1n) is 18.7. The van der Waals surface area contributed by atoms with E-state index in [1.807, 2.05) is 48.8 Å². The van der Waals surface area contributed by atoms with Crippen LogP contribution in [-0.4, -0.2) is 15.0 Å². The van der Waals surface area contributed by atoms with Gasteiger partial charge in [-0.2, -0.15) is 0 Å². The quantitative estimate of drug-likeness (QED) is 0.160. The van der Waals surface area contributed by atoms with Crippen molar-refractivity contribution in [3.8, 4) is 34.0 Å². The van der Waals surface area contributed by atoms with E-state index in [0.29, 0.717) is 5.89 Å². The van der Waals surface area contributed by atoms with E-state index in [1.165, 1.54) is 26.9 Å². The number of fused-ring (bicyclic) bond motifs is 6. The number of nitrogens with zero attached hydrogens (tertiary/aromatic N) is 4. The zero-order chi connectivity index (χ0) is 37.0. The Bertz CT molecular complexity index is 3230. The van der Waals surface area contributed by atoms with Gasteiger partial charge in [0.05, 0.1) is 11.4 Å². The Balaban J connectivity index is 0.983. The van der Waals surface area contributed by atoms with Crippen LogP contribution in [0.2, 0.25) is 0 Å². The van der Waals surface area contributed by atoms with Crippen molar-refractivity contribution in [2.24, 2.45) is 0 Å². The lowest BCUT2D eigenvalue weighted by molar-refractivity contribution is 0.620. The van der Waals surface area contributed by atoms with Crippen molar-refractivity contribution in [3.05, 3.63) is 194 Å². The molecule has 0 aliphatic rings. The van der Waals surface area contributed by atoms with Gasteiger partial charge < -0.3 is 9.32 Å². The Hall–Kier alpha value is -7.63. The fourth-order valence-corrected chi connectivity index (χ4v) is 7.82. The predicted molar refractivity (Wildman–Crippen MR) is 231 cm³/mol. The molecule has 0 saturated heterocycles. The van der Waals surface area contributed by atoms with Crippen LogP contribution in [0.1, 0.15) is 0 Å². The van der Waals surface area contributed by atoms with Crippen LogP contribution in [0.5, 0.6) is 0 Å². The van der Waals surface area contributed by atoms with Gasteiger partial charge >= 0.3 is 0 Å². The molecule has 0 aliphatic heterocycles. The average molecular weight is 717 g/mol. The van der Waals surface area contributed by atoms with Crippen LogP contribution >= 0.6 is 0 Å². The lowest BCUT2D eigenvalue weighted by Crippen LogP contribution is -2.10. The molecule has 0 unspecified atom stereocenters. The Kier molecular flexibility index (Phi) is 7.42. The highest BCUT2D eigenvalue weighted by molar-refractivity contribution is 6.09. The summed E-state index contributed by atoms with van der Waals surface area (Å²) in [5, 5.41) is 9.39. The fourth-order valence-electron chi connectivity index (χ4n) is 7.82. The summed E-state index contributed by atoms with van der Waals surface area (Å²) < 4.78 is 6.10. The average Bonchev–Trinajstić information content (AvgIpc) is 3.71. The minimum absolute atomic E-state index is 0.605. The van der Waals surface area contributed by atoms with Gasteiger partial charge in [0.2, 0.25) is 5.89 Å². The number of para-hydroxylation sites is 2. The smallest absolute Gasteiger partial charge is 0.227 e. The molecule has 0 bridgehead atoms. The molecule has 56 heavy (non-hydrogen) atoms. The molecule has 0 N–H and O–H groups in total. The maximum absolute atomic E-state index is 6.10. The van der Waals surface area contributed by atoms with E-state index in [9.17, 15) is 0 Å². The summed E-state index contributed by atoms with van der Waals surface area (Å²) in [7, 11) is 0. The van der Waals surface area contributed by atoms with Gasteiger partial charge in [0.1, 0.15) is 5.52 Å². The number of hydrogen-bond donors (Lipinski definition) is 0. The van der Waals surface area contributed by atoms with Crippen molar-refractivity contribution in [1.29, 1.82) is 0 Å². The Morgan fingerprint density at radius 3 is 1.55 bits per heavy atom. The molecule has 5 heteroatoms. The highest BCUT2D eigenvalue weighted by Gasteiger charge is 2.16. The molecule has 3 heterocycles. The van der Waals surface area contributed by atoms with Crippen molar-refractivity contribution in [1.82, 2.24) is 15.0 Å². The molecule has 3 aromatic heterocycles. The van der Waals surface area contributed by atoms with Gasteiger partial charge in [0.15, 0.2) is 5.58 Å². The standard InChI is InChI=1S/C51H32N4O/c1-3-9-40-31-52-48(29-35(40)7-1)33-15-20-42(21-16-33)55(43-22-17-34(18-23-43)51-54-47-11-5-6-12-50(47)56-51)44-24-26-46-38(28-44)14-13-37-27-39(19-25-45(37)46)49-30-36-8-2-4-10-41(36)32-53-49/h1-32H. The number of oxazole rings is 1. The molecule has 8 aromatic carbocycles. The van der Waals surface area contributed by atoms with Crippen LogP contribution in [0.4, 0.5) is 17.1 Å². The Morgan fingerprint density at radius 2 is 0.893 bits per heavy atom. The summed E-state index contributed by atoms with van der Waals surface area (Å²) in [6, 6.07) is 63.8. The second-order valence-electron chi connectivity index (χ2n) is 14.2. The van der Waals surface area contributed by atoms with Crippen LogP contribution in [0.3, 0.4) is 0 Å². The molecular weight excluding hydrogens is 685 g/mol. The van der Waals surface area contributed by atoms with E-state index in [4.69, 9.17) is 19.4 Å². The molecule has 262 valence electrons. The molecule has 11 rings (SSSR count). The molecule has 0 amide bonds. The first kappa shape index (κ1) is 31.9. The maximum Gasteiger partial charge on any atom is 0.227 e. The van der Waals surface area contributed by atoms with Crippen molar-refractivity contribution >= 4 is 71.3 Å². The number of anilines is 3. The summed E-state index contributed by atoms with van der Waals surface area (Å²) in [5.74, 6) is 0.605. The number of benzene rings is 8. The normalized spacial score (nSPS) is 11.6. The van der Waals surface area contributed by atoms with Gasteiger partial charge in [0.25, 0.3) is 0 Å². The summed E-state index contributed by atoms with van der Waals surface area (Å²) in [6.07, 6.45) is 3.91. The van der Waals surface area contributed by atoms with Crippen molar-refractivity contribution in [2.45, 2.75) is 0 Å². The van der Waals surface area contributed by atoms with E-state index in [-0.39, 0.29) is 0 Å². The summed E-state index contributed by atoms with van der Waals surface area (Å²) in [4.78, 5) is 16.6. The van der Waals surface area contributed by atoms with E-state index >= 15 is 0 Å². The van der Waals surface area contributed by atoms with Gasteiger partial charge in [-0.15, -0.1) is 0 Å². The van der Waals surface area contributed by atoms with Crippen LogP contribution in [0.15, 0.2) is 199 Å². The first-order chi connectivity index (χ1) is 27.7. The number of hydrogen-bond acceptors (Lipinski definition) is 5. The molecule has 0 spiro atoms. The van der Waals surface area contributed by atoms with Gasteiger partial charge in [-0.25, -0.2) is 4.98 Å². The number of rotatable bonds is 6. The molecular formula is C51H32N4O. The third-order valence-electron chi connectivity index (χ3n) is 10.7. The SMILES string of the molecule is c1ccc2cc(-c3ccc(N(c4ccc(-c5nc6ccccc6o5)cc4)c4ccc5c(ccc6cc(-c7cc8ccccc8cn7)ccc65)c4)cc3)ncc2c1. The molecule has 11 aromatic rings. The summed E-state index contributed by atoms with van der Waals surface area (Å²) in [5.41, 5.74) is 9.75. The van der Waals surface area contributed by atoms with E-state index in [1.54, 1.807) is 0 Å². The van der Waals surface area contributed by atoms with Crippen molar-refractivity contribution < 1.29 is 4.42 Å². The predicted octanol–water partition coefficient (Wildman–Crippen LogP) is 13.7. The second kappa shape index (κ2) is 13.0. The monoisotopic (exact) mass is 716 g/mol. The second-order valence-corrected chi connectivity index (χ2v) is 14.2. The molecule has 0 radical (unpaired) electrons. The summed E-state index contributed by atoms with van der Waals surface area (Å²) >= 11 is 0. The number of aromatic nitrogens is 3. The van der Waals surface area contributed by atoms with Gasteiger partial charge in [-0.1, -0.05) is 103 Å². The van der Waals surface area contributed by atoms with E-state index in [2.05, 4.69) is 150 Å². The molecule has 0 fully saturated rings. The Morgan fingerprint density at radius 1 is 0.375 bits per heavy atom. The van der Waals surface area contributed by atoms with Crippen LogP contribution in [0, 0.1) is 0 Å². The molecule has 0 atom stereocenters. The zero-order valence-electron chi connectivity index (χ0n) is 30.2. The lowest BCUT2D eigenvalue weighted by atomic mass is 9.98. The Labute approximate surface area is 322 Å². The fraction of sp³-hybridized carbons (Fsp3) is 0. The third-order valence-corrected chi connectivity index (χ3v) is 10.7. The topological polar surface area (TPSA) is 55.1 Å². The van der Waals surface area contributed by atoms with Gasteiger partial charge in [-0.3, -0.25) is 9.97 Å². The highest BCUT2D eigenvalue weighted by atomic mass is 16.3. The van der Waals surface area contributed by atoms with E-state index < -0.39 is 0 Å². The number of pyridine rings is 2.